The predicted molar refractivity (Wildman–Crippen MR) is 88.2 cm³/mol. The highest BCUT2D eigenvalue weighted by Crippen LogP contribution is 2.28. The minimum Gasteiger partial charge on any atom is -0.504 e. The van der Waals surface area contributed by atoms with E-state index in [0.29, 0.717) is 18.4 Å². The zero-order valence-corrected chi connectivity index (χ0v) is 12.8. The standard InChI is InChI=1S/C19H23NO2/c21-18-10-9-16(12-17-8-4-5-11-20-17)13-19(18)22-14-15-6-2-1-3-7-15/h1-3,6-7,9-10,13,17,20-21H,4-5,8,11-12,14H2. The Kier molecular flexibility index (Phi) is 4.96. The largest absolute Gasteiger partial charge is 0.504 e. The molecule has 3 nitrogen and oxygen atoms in total. The van der Waals surface area contributed by atoms with Crippen molar-refractivity contribution in [3.63, 3.8) is 0 Å². The van der Waals surface area contributed by atoms with Gasteiger partial charge in [-0.05, 0) is 49.1 Å². The lowest BCUT2D eigenvalue weighted by Gasteiger charge is -2.23. The van der Waals surface area contributed by atoms with E-state index in [1.165, 1.54) is 24.8 Å². The Bertz CT molecular complexity index is 592. The van der Waals surface area contributed by atoms with Gasteiger partial charge < -0.3 is 15.2 Å². The summed E-state index contributed by atoms with van der Waals surface area (Å²) in [5.41, 5.74) is 2.31. The third-order valence-electron chi connectivity index (χ3n) is 4.16. The SMILES string of the molecule is Oc1ccc(CC2CCCCN2)cc1OCc1ccccc1. The zero-order valence-electron chi connectivity index (χ0n) is 12.8. The van der Waals surface area contributed by atoms with E-state index in [9.17, 15) is 5.11 Å². The van der Waals surface area contributed by atoms with Crippen LogP contribution in [0.3, 0.4) is 0 Å². The monoisotopic (exact) mass is 297 g/mol. The molecular formula is C19H23NO2. The fourth-order valence-corrected chi connectivity index (χ4v) is 2.92. The Morgan fingerprint density at radius 2 is 1.91 bits per heavy atom. The number of rotatable bonds is 5. The first kappa shape index (κ1) is 14.9. The van der Waals surface area contributed by atoms with Gasteiger partial charge in [0, 0.05) is 6.04 Å². The number of hydrogen-bond donors (Lipinski definition) is 2. The number of benzene rings is 2. The molecule has 2 aromatic carbocycles. The van der Waals surface area contributed by atoms with Crippen molar-refractivity contribution < 1.29 is 9.84 Å². The molecule has 1 aliphatic rings. The van der Waals surface area contributed by atoms with Crippen LogP contribution in [0.25, 0.3) is 0 Å². The van der Waals surface area contributed by atoms with Crippen molar-refractivity contribution in [3.05, 3.63) is 59.7 Å². The molecule has 3 heteroatoms. The van der Waals surface area contributed by atoms with Crippen LogP contribution in [0.4, 0.5) is 0 Å². The molecule has 0 amide bonds. The summed E-state index contributed by atoms with van der Waals surface area (Å²) < 4.78 is 5.78. The fourth-order valence-electron chi connectivity index (χ4n) is 2.92. The Balaban J connectivity index is 1.64. The maximum absolute atomic E-state index is 9.98. The van der Waals surface area contributed by atoms with Crippen LogP contribution in [0.2, 0.25) is 0 Å². The molecule has 1 aliphatic heterocycles. The highest BCUT2D eigenvalue weighted by atomic mass is 16.5. The number of phenolic OH excluding ortho intramolecular Hbond substituents is 1. The number of piperidine rings is 1. The molecule has 1 saturated heterocycles. The Morgan fingerprint density at radius 3 is 2.68 bits per heavy atom. The van der Waals surface area contributed by atoms with Crippen molar-refractivity contribution in [2.24, 2.45) is 0 Å². The molecular weight excluding hydrogens is 274 g/mol. The van der Waals surface area contributed by atoms with Crippen LogP contribution in [0.5, 0.6) is 11.5 Å². The van der Waals surface area contributed by atoms with Crippen molar-refractivity contribution in [1.29, 1.82) is 0 Å². The van der Waals surface area contributed by atoms with Gasteiger partial charge in [-0.1, -0.05) is 42.8 Å². The zero-order chi connectivity index (χ0) is 15.2. The lowest BCUT2D eigenvalue weighted by atomic mass is 9.97. The number of aromatic hydroxyl groups is 1. The van der Waals surface area contributed by atoms with Gasteiger partial charge in [0.15, 0.2) is 11.5 Å². The lowest BCUT2D eigenvalue weighted by molar-refractivity contribution is 0.288. The van der Waals surface area contributed by atoms with Crippen molar-refractivity contribution in [1.82, 2.24) is 5.32 Å². The van der Waals surface area contributed by atoms with Crippen molar-refractivity contribution in [2.75, 3.05) is 6.54 Å². The van der Waals surface area contributed by atoms with Crippen molar-refractivity contribution in [3.8, 4) is 11.5 Å². The van der Waals surface area contributed by atoms with Gasteiger partial charge in [-0.15, -0.1) is 0 Å². The molecule has 2 N–H and O–H groups in total. The maximum atomic E-state index is 9.98. The molecule has 2 aromatic rings. The summed E-state index contributed by atoms with van der Waals surface area (Å²) >= 11 is 0. The smallest absolute Gasteiger partial charge is 0.161 e. The first-order valence-electron chi connectivity index (χ1n) is 8.03. The Morgan fingerprint density at radius 1 is 1.05 bits per heavy atom. The second-order valence-electron chi connectivity index (χ2n) is 5.93. The summed E-state index contributed by atoms with van der Waals surface area (Å²) in [6, 6.07) is 16.2. The number of ether oxygens (including phenoxy) is 1. The quantitative estimate of drug-likeness (QED) is 0.885. The Labute approximate surface area is 131 Å². The van der Waals surface area contributed by atoms with Crippen LogP contribution in [-0.4, -0.2) is 17.7 Å². The second-order valence-corrected chi connectivity index (χ2v) is 5.93. The van der Waals surface area contributed by atoms with Gasteiger partial charge in [0.25, 0.3) is 0 Å². The molecule has 22 heavy (non-hydrogen) atoms. The van der Waals surface area contributed by atoms with Gasteiger partial charge in [-0.25, -0.2) is 0 Å². The summed E-state index contributed by atoms with van der Waals surface area (Å²) in [6.07, 6.45) is 4.79. The van der Waals surface area contributed by atoms with E-state index in [1.54, 1.807) is 6.07 Å². The van der Waals surface area contributed by atoms with E-state index < -0.39 is 0 Å². The molecule has 0 saturated carbocycles. The first-order valence-corrected chi connectivity index (χ1v) is 8.03. The maximum Gasteiger partial charge on any atom is 0.161 e. The minimum atomic E-state index is 0.205. The van der Waals surface area contributed by atoms with E-state index >= 15 is 0 Å². The van der Waals surface area contributed by atoms with E-state index in [4.69, 9.17) is 4.74 Å². The summed E-state index contributed by atoms with van der Waals surface area (Å²) in [4.78, 5) is 0. The van der Waals surface area contributed by atoms with E-state index in [2.05, 4.69) is 5.32 Å². The molecule has 0 aromatic heterocycles. The van der Waals surface area contributed by atoms with Crippen molar-refractivity contribution >= 4 is 0 Å². The lowest BCUT2D eigenvalue weighted by Crippen LogP contribution is -2.35. The van der Waals surface area contributed by atoms with Gasteiger partial charge in [0.05, 0.1) is 0 Å². The molecule has 0 bridgehead atoms. The molecule has 3 rings (SSSR count). The summed E-state index contributed by atoms with van der Waals surface area (Å²) in [7, 11) is 0. The molecule has 0 aliphatic carbocycles. The van der Waals surface area contributed by atoms with Gasteiger partial charge in [-0.3, -0.25) is 0 Å². The molecule has 116 valence electrons. The third kappa shape index (κ3) is 4.01. The Hall–Kier alpha value is -2.00. The fraction of sp³-hybridized carbons (Fsp3) is 0.368. The van der Waals surface area contributed by atoms with Crippen LogP contribution in [0.1, 0.15) is 30.4 Å². The molecule has 1 fully saturated rings. The van der Waals surface area contributed by atoms with Gasteiger partial charge in [-0.2, -0.15) is 0 Å². The summed E-state index contributed by atoms with van der Waals surface area (Å²) in [5.74, 6) is 0.772. The van der Waals surface area contributed by atoms with E-state index in [0.717, 1.165) is 18.5 Å². The highest BCUT2D eigenvalue weighted by molar-refractivity contribution is 5.42. The van der Waals surface area contributed by atoms with Gasteiger partial charge >= 0.3 is 0 Å². The average molecular weight is 297 g/mol. The number of phenols is 1. The van der Waals surface area contributed by atoms with E-state index in [1.807, 2.05) is 42.5 Å². The number of nitrogens with one attached hydrogen (secondary N) is 1. The summed E-state index contributed by atoms with van der Waals surface area (Å²) in [5, 5.41) is 13.5. The number of hydrogen-bond acceptors (Lipinski definition) is 3. The summed E-state index contributed by atoms with van der Waals surface area (Å²) in [6.45, 7) is 1.58. The molecule has 1 unspecified atom stereocenters. The highest BCUT2D eigenvalue weighted by Gasteiger charge is 2.14. The van der Waals surface area contributed by atoms with Crippen LogP contribution < -0.4 is 10.1 Å². The van der Waals surface area contributed by atoms with Gasteiger partial charge in [0.2, 0.25) is 0 Å². The predicted octanol–water partition coefficient (Wildman–Crippen LogP) is 3.66. The first-order chi connectivity index (χ1) is 10.8. The molecule has 1 atom stereocenters. The second kappa shape index (κ2) is 7.32. The average Bonchev–Trinajstić information content (AvgIpc) is 2.57. The van der Waals surface area contributed by atoms with Crippen molar-refractivity contribution in [2.45, 2.75) is 38.3 Å². The molecule has 1 heterocycles. The topological polar surface area (TPSA) is 41.5 Å². The van der Waals surface area contributed by atoms with Crippen LogP contribution >= 0.6 is 0 Å². The third-order valence-corrected chi connectivity index (χ3v) is 4.16. The van der Waals surface area contributed by atoms with Crippen LogP contribution in [0.15, 0.2) is 48.5 Å². The van der Waals surface area contributed by atoms with E-state index in [-0.39, 0.29) is 5.75 Å². The molecule has 0 radical (unpaired) electrons. The van der Waals surface area contributed by atoms with Gasteiger partial charge in [0.1, 0.15) is 6.61 Å². The van der Waals surface area contributed by atoms with Crippen LogP contribution in [0, 0.1) is 0 Å². The minimum absolute atomic E-state index is 0.205. The van der Waals surface area contributed by atoms with Crippen LogP contribution in [-0.2, 0) is 13.0 Å². The molecule has 0 spiro atoms. The normalized spacial score (nSPS) is 18.1.